The minimum Gasteiger partial charge on any atom is -0.375 e. The van der Waals surface area contributed by atoms with Crippen molar-refractivity contribution >= 4 is 21.4 Å². The van der Waals surface area contributed by atoms with E-state index in [4.69, 9.17) is 4.74 Å². The van der Waals surface area contributed by atoms with Crippen molar-refractivity contribution in [3.63, 3.8) is 0 Å². The molecule has 1 aliphatic carbocycles. The van der Waals surface area contributed by atoms with Crippen LogP contribution in [0.5, 0.6) is 0 Å². The molecule has 1 aliphatic heterocycles. The summed E-state index contributed by atoms with van der Waals surface area (Å²) in [5.74, 6) is 0.221. The molecule has 1 aromatic rings. The second kappa shape index (κ2) is 5.42. The topological polar surface area (TPSA) is 58.6 Å². The van der Waals surface area contributed by atoms with Gasteiger partial charge in [-0.15, -0.1) is 0 Å². The molecule has 1 aromatic carbocycles. The van der Waals surface area contributed by atoms with Crippen LogP contribution in [0.1, 0.15) is 27.2 Å². The van der Waals surface area contributed by atoms with Crippen LogP contribution in [-0.2, 0) is 14.8 Å². The maximum absolute atomic E-state index is 12.4. The Labute approximate surface area is 132 Å². The van der Waals surface area contributed by atoms with Gasteiger partial charge in [0.2, 0.25) is 10.0 Å². The average Bonchev–Trinajstić information content (AvgIpc) is 3.09. The molecule has 1 unspecified atom stereocenters. The van der Waals surface area contributed by atoms with Crippen LogP contribution in [0.3, 0.4) is 0 Å². The number of rotatable bonds is 4. The second-order valence-electron chi connectivity index (χ2n) is 6.70. The Morgan fingerprint density at radius 2 is 1.91 bits per heavy atom. The molecule has 5 nitrogen and oxygen atoms in total. The molecule has 2 fully saturated rings. The van der Waals surface area contributed by atoms with E-state index in [1.54, 1.807) is 0 Å². The fourth-order valence-corrected chi connectivity index (χ4v) is 4.67. The number of sulfonamides is 1. The lowest BCUT2D eigenvalue weighted by Crippen LogP contribution is -2.41. The molecule has 0 spiro atoms. The molecule has 1 N–H and O–H groups in total. The summed E-state index contributed by atoms with van der Waals surface area (Å²) in [6.45, 7) is 8.30. The van der Waals surface area contributed by atoms with Crippen LogP contribution in [0, 0.1) is 5.92 Å². The van der Waals surface area contributed by atoms with Crippen molar-refractivity contribution in [2.24, 2.45) is 5.92 Å². The van der Waals surface area contributed by atoms with E-state index in [9.17, 15) is 8.42 Å². The smallest absolute Gasteiger partial charge is 0.238 e. The SMILES string of the molecule is CC1CN(c2ccc(NS(=O)(=O)[C@]3(C)C[C@H]3C)cc2)CCO1. The third-order valence-corrected chi connectivity index (χ3v) is 7.23. The van der Waals surface area contributed by atoms with Crippen LogP contribution in [0.4, 0.5) is 11.4 Å². The normalized spacial score (nSPS) is 31.9. The van der Waals surface area contributed by atoms with Gasteiger partial charge >= 0.3 is 0 Å². The number of anilines is 2. The molecule has 6 heteroatoms. The fourth-order valence-electron chi connectivity index (χ4n) is 2.99. The lowest BCUT2D eigenvalue weighted by atomic mass is 10.2. The minimum absolute atomic E-state index is 0.221. The lowest BCUT2D eigenvalue weighted by Gasteiger charge is -2.33. The summed E-state index contributed by atoms with van der Waals surface area (Å²) >= 11 is 0. The van der Waals surface area contributed by atoms with Gasteiger partial charge in [-0.25, -0.2) is 8.42 Å². The van der Waals surface area contributed by atoms with Crippen molar-refractivity contribution in [3.05, 3.63) is 24.3 Å². The van der Waals surface area contributed by atoms with E-state index in [1.165, 1.54) is 0 Å². The highest BCUT2D eigenvalue weighted by molar-refractivity contribution is 7.94. The molecule has 122 valence electrons. The molecule has 2 aliphatic rings. The first-order valence-corrected chi connectivity index (χ1v) is 9.29. The first-order chi connectivity index (χ1) is 10.3. The van der Waals surface area contributed by atoms with Crippen LogP contribution >= 0.6 is 0 Å². The van der Waals surface area contributed by atoms with Gasteiger partial charge in [0.25, 0.3) is 0 Å². The number of benzene rings is 1. The van der Waals surface area contributed by atoms with Crippen molar-refractivity contribution in [1.29, 1.82) is 0 Å². The van der Waals surface area contributed by atoms with Crippen LogP contribution < -0.4 is 9.62 Å². The Balaban J connectivity index is 1.70. The second-order valence-corrected chi connectivity index (χ2v) is 8.84. The van der Waals surface area contributed by atoms with E-state index in [0.717, 1.165) is 31.8 Å². The summed E-state index contributed by atoms with van der Waals surface area (Å²) in [6, 6.07) is 7.61. The minimum atomic E-state index is -3.32. The Morgan fingerprint density at radius 3 is 2.45 bits per heavy atom. The van der Waals surface area contributed by atoms with E-state index in [0.29, 0.717) is 5.69 Å². The summed E-state index contributed by atoms with van der Waals surface area (Å²) in [5.41, 5.74) is 1.73. The maximum atomic E-state index is 12.4. The van der Waals surface area contributed by atoms with Gasteiger partial charge < -0.3 is 9.64 Å². The molecule has 3 atom stereocenters. The Bertz CT molecular complexity index is 644. The van der Waals surface area contributed by atoms with Crippen molar-refractivity contribution in [1.82, 2.24) is 0 Å². The average molecular weight is 324 g/mol. The molecule has 1 saturated heterocycles. The van der Waals surface area contributed by atoms with Gasteiger partial charge in [-0.05, 0) is 50.5 Å². The van der Waals surface area contributed by atoms with Crippen molar-refractivity contribution < 1.29 is 13.2 Å². The van der Waals surface area contributed by atoms with E-state index in [-0.39, 0.29) is 12.0 Å². The Hall–Kier alpha value is -1.27. The summed E-state index contributed by atoms with van der Waals surface area (Å²) < 4.78 is 32.4. The van der Waals surface area contributed by atoms with Gasteiger partial charge in [0.05, 0.1) is 17.5 Å². The summed E-state index contributed by atoms with van der Waals surface area (Å²) in [4.78, 5) is 2.26. The van der Waals surface area contributed by atoms with E-state index >= 15 is 0 Å². The molecule has 0 radical (unpaired) electrons. The van der Waals surface area contributed by atoms with Crippen molar-refractivity contribution in [3.8, 4) is 0 Å². The van der Waals surface area contributed by atoms with Crippen LogP contribution in [-0.4, -0.2) is 39.0 Å². The van der Waals surface area contributed by atoms with E-state index < -0.39 is 14.8 Å². The lowest BCUT2D eigenvalue weighted by molar-refractivity contribution is 0.0532. The summed E-state index contributed by atoms with van der Waals surface area (Å²) in [5, 5.41) is 0. The first kappa shape index (κ1) is 15.6. The maximum Gasteiger partial charge on any atom is 0.238 e. The highest BCUT2D eigenvalue weighted by atomic mass is 32.2. The zero-order valence-corrected chi connectivity index (χ0v) is 14.2. The third kappa shape index (κ3) is 2.82. The molecule has 3 rings (SSSR count). The van der Waals surface area contributed by atoms with Gasteiger partial charge in [-0.3, -0.25) is 4.72 Å². The third-order valence-electron chi connectivity index (χ3n) is 4.93. The molecular weight excluding hydrogens is 300 g/mol. The molecule has 22 heavy (non-hydrogen) atoms. The van der Waals surface area contributed by atoms with Gasteiger partial charge in [-0.2, -0.15) is 0 Å². The van der Waals surface area contributed by atoms with Crippen molar-refractivity contribution in [2.75, 3.05) is 29.3 Å². The number of nitrogens with zero attached hydrogens (tertiary/aromatic N) is 1. The molecule has 1 heterocycles. The van der Waals surface area contributed by atoms with Crippen LogP contribution in [0.2, 0.25) is 0 Å². The molecular formula is C16H24N2O3S. The van der Waals surface area contributed by atoms with E-state index in [1.807, 2.05) is 38.1 Å². The van der Waals surface area contributed by atoms with Gasteiger partial charge in [0, 0.05) is 24.5 Å². The highest BCUT2D eigenvalue weighted by Crippen LogP contribution is 2.49. The zero-order chi connectivity index (χ0) is 16.0. The summed E-state index contributed by atoms with van der Waals surface area (Å²) in [7, 11) is -3.32. The van der Waals surface area contributed by atoms with Gasteiger partial charge in [-0.1, -0.05) is 6.92 Å². The Kier molecular flexibility index (Phi) is 3.85. The van der Waals surface area contributed by atoms with Crippen molar-refractivity contribution in [2.45, 2.75) is 38.0 Å². The molecule has 0 aromatic heterocycles. The number of nitrogens with one attached hydrogen (secondary N) is 1. The predicted molar refractivity (Wildman–Crippen MR) is 88.8 cm³/mol. The monoisotopic (exact) mass is 324 g/mol. The quantitative estimate of drug-likeness (QED) is 0.924. The number of morpholine rings is 1. The number of ether oxygens (including phenoxy) is 1. The largest absolute Gasteiger partial charge is 0.375 e. The molecule has 0 amide bonds. The zero-order valence-electron chi connectivity index (χ0n) is 13.4. The predicted octanol–water partition coefficient (Wildman–Crippen LogP) is 2.45. The highest BCUT2D eigenvalue weighted by Gasteiger charge is 2.57. The molecule has 0 bridgehead atoms. The Morgan fingerprint density at radius 1 is 1.27 bits per heavy atom. The number of hydrogen-bond acceptors (Lipinski definition) is 4. The number of hydrogen-bond donors (Lipinski definition) is 1. The summed E-state index contributed by atoms with van der Waals surface area (Å²) in [6.07, 6.45) is 0.953. The van der Waals surface area contributed by atoms with Crippen LogP contribution in [0.25, 0.3) is 0 Å². The van der Waals surface area contributed by atoms with E-state index in [2.05, 4.69) is 16.5 Å². The van der Waals surface area contributed by atoms with Crippen LogP contribution in [0.15, 0.2) is 24.3 Å². The first-order valence-electron chi connectivity index (χ1n) is 7.81. The van der Waals surface area contributed by atoms with Gasteiger partial charge in [0.15, 0.2) is 0 Å². The fraction of sp³-hybridized carbons (Fsp3) is 0.625. The van der Waals surface area contributed by atoms with Gasteiger partial charge in [0.1, 0.15) is 0 Å². The standard InChI is InChI=1S/C16H24N2O3S/c1-12-10-16(12,3)22(19,20)17-14-4-6-15(7-5-14)18-8-9-21-13(2)11-18/h4-7,12-13,17H,8-11H2,1-3H3/t12-,13?,16-/m1/s1. The molecule has 1 saturated carbocycles.